The lowest BCUT2D eigenvalue weighted by molar-refractivity contribution is -0.120. The normalized spacial score (nSPS) is 15.0. The number of nitriles is 1. The van der Waals surface area contributed by atoms with Gasteiger partial charge in [-0.1, -0.05) is 23.2 Å². The number of nitrogens with one attached hydrogen (secondary N) is 1. The maximum Gasteiger partial charge on any atom is 0.227 e. The van der Waals surface area contributed by atoms with E-state index >= 15 is 0 Å². The van der Waals surface area contributed by atoms with Crippen LogP contribution in [0.15, 0.2) is 18.2 Å². The predicted octanol–water partition coefficient (Wildman–Crippen LogP) is 4.32. The summed E-state index contributed by atoms with van der Waals surface area (Å²) in [5.74, 6) is -0.802. The number of halogens is 3. The summed E-state index contributed by atoms with van der Waals surface area (Å²) in [6.45, 7) is 1.27. The number of rotatable bonds is 3. The van der Waals surface area contributed by atoms with Gasteiger partial charge in [0, 0.05) is 24.7 Å². The zero-order valence-electron chi connectivity index (χ0n) is 12.9. The molecule has 0 atom stereocenters. The molecule has 0 aliphatic carbocycles. The van der Waals surface area contributed by atoms with Crippen molar-refractivity contribution in [2.75, 3.05) is 23.3 Å². The molecule has 1 N–H and O–H groups in total. The number of piperidine rings is 1. The van der Waals surface area contributed by atoms with E-state index in [1.807, 2.05) is 4.90 Å². The van der Waals surface area contributed by atoms with Gasteiger partial charge >= 0.3 is 0 Å². The highest BCUT2D eigenvalue weighted by Crippen LogP contribution is 2.34. The lowest BCUT2D eigenvalue weighted by Gasteiger charge is -2.31. The molecule has 130 valence electrons. The summed E-state index contributed by atoms with van der Waals surface area (Å²) in [7, 11) is 0. The van der Waals surface area contributed by atoms with Crippen LogP contribution in [0, 0.1) is 23.1 Å². The largest absolute Gasteiger partial charge is 0.361 e. The van der Waals surface area contributed by atoms with E-state index < -0.39 is 5.82 Å². The highest BCUT2D eigenvalue weighted by Gasteiger charge is 2.28. The Labute approximate surface area is 158 Å². The monoisotopic (exact) mass is 398 g/mol. The van der Waals surface area contributed by atoms with Crippen molar-refractivity contribution in [1.82, 2.24) is 4.37 Å². The van der Waals surface area contributed by atoms with E-state index in [-0.39, 0.29) is 22.0 Å². The Balaban J connectivity index is 1.61. The first-order valence-electron chi connectivity index (χ1n) is 7.55. The fraction of sp³-hybridized carbons (Fsp3) is 0.312. The van der Waals surface area contributed by atoms with E-state index in [2.05, 4.69) is 15.8 Å². The van der Waals surface area contributed by atoms with Gasteiger partial charge in [-0.15, -0.1) is 0 Å². The third-order valence-electron chi connectivity index (χ3n) is 4.08. The average Bonchev–Trinajstić information content (AvgIpc) is 2.99. The van der Waals surface area contributed by atoms with Gasteiger partial charge in [0.05, 0.1) is 5.02 Å². The number of hydrogen-bond acceptors (Lipinski definition) is 5. The molecule has 2 aromatic rings. The summed E-state index contributed by atoms with van der Waals surface area (Å²) in [6, 6.07) is 6.16. The lowest BCUT2D eigenvalue weighted by atomic mass is 9.96. The van der Waals surface area contributed by atoms with Crippen LogP contribution in [-0.2, 0) is 4.79 Å². The quantitative estimate of drug-likeness (QED) is 0.835. The summed E-state index contributed by atoms with van der Waals surface area (Å²) in [5.41, 5.74) is 0.857. The average molecular weight is 399 g/mol. The Hall–Kier alpha value is -1.88. The second-order valence-corrected chi connectivity index (χ2v) is 7.16. The summed E-state index contributed by atoms with van der Waals surface area (Å²) < 4.78 is 17.2. The highest BCUT2D eigenvalue weighted by molar-refractivity contribution is 7.10. The smallest absolute Gasteiger partial charge is 0.227 e. The van der Waals surface area contributed by atoms with E-state index in [1.165, 1.54) is 29.7 Å². The molecule has 0 saturated carbocycles. The Morgan fingerprint density at radius 1 is 1.40 bits per heavy atom. The van der Waals surface area contributed by atoms with Crippen molar-refractivity contribution in [2.45, 2.75) is 12.8 Å². The van der Waals surface area contributed by atoms with Crippen LogP contribution in [0.3, 0.4) is 0 Å². The van der Waals surface area contributed by atoms with Crippen LogP contribution in [0.2, 0.25) is 10.2 Å². The second kappa shape index (κ2) is 7.56. The number of benzene rings is 1. The van der Waals surface area contributed by atoms with Crippen LogP contribution in [0.5, 0.6) is 0 Å². The Morgan fingerprint density at radius 2 is 2.12 bits per heavy atom. The molecule has 1 aliphatic rings. The summed E-state index contributed by atoms with van der Waals surface area (Å²) in [6.07, 6.45) is 1.28. The van der Waals surface area contributed by atoms with Crippen LogP contribution in [-0.4, -0.2) is 23.4 Å². The molecule has 0 unspecified atom stereocenters. The van der Waals surface area contributed by atoms with Crippen molar-refractivity contribution in [3.8, 4) is 6.07 Å². The van der Waals surface area contributed by atoms with Gasteiger partial charge in [-0.25, -0.2) is 4.39 Å². The minimum atomic E-state index is -0.524. The van der Waals surface area contributed by atoms with Gasteiger partial charge in [-0.2, -0.15) is 9.64 Å². The number of hydrogen-bond donors (Lipinski definition) is 1. The molecule has 1 aromatic heterocycles. The number of aromatic nitrogens is 1. The Bertz CT molecular complexity index is 843. The summed E-state index contributed by atoms with van der Waals surface area (Å²) in [5, 5.41) is 12.9. The first-order chi connectivity index (χ1) is 12.0. The maximum absolute atomic E-state index is 13.2. The molecule has 1 fully saturated rings. The van der Waals surface area contributed by atoms with Gasteiger partial charge in [0.15, 0.2) is 5.15 Å². The molecule has 5 nitrogen and oxygen atoms in total. The molecule has 0 bridgehead atoms. The van der Waals surface area contributed by atoms with Gasteiger partial charge < -0.3 is 10.2 Å². The summed E-state index contributed by atoms with van der Waals surface area (Å²) in [4.78, 5) is 14.4. The van der Waals surface area contributed by atoms with Gasteiger partial charge in [-0.3, -0.25) is 4.79 Å². The predicted molar refractivity (Wildman–Crippen MR) is 96.8 cm³/mol. The van der Waals surface area contributed by atoms with Crippen LogP contribution in [0.1, 0.15) is 18.4 Å². The Kier molecular flexibility index (Phi) is 5.42. The number of carbonyl (C=O) groups is 1. The van der Waals surface area contributed by atoms with Crippen molar-refractivity contribution in [2.24, 2.45) is 5.92 Å². The minimum absolute atomic E-state index is 0.0290. The van der Waals surface area contributed by atoms with Crippen LogP contribution in [0.4, 0.5) is 15.1 Å². The van der Waals surface area contributed by atoms with E-state index in [4.69, 9.17) is 28.5 Å². The van der Waals surface area contributed by atoms with Gasteiger partial charge in [-0.05, 0) is 42.6 Å². The van der Waals surface area contributed by atoms with Crippen LogP contribution in [0.25, 0.3) is 0 Å². The molecule has 3 rings (SSSR count). The molecule has 1 aliphatic heterocycles. The van der Waals surface area contributed by atoms with Crippen molar-refractivity contribution in [3.05, 3.63) is 39.8 Å². The highest BCUT2D eigenvalue weighted by atomic mass is 35.5. The zero-order chi connectivity index (χ0) is 18.0. The number of amides is 1. The third kappa shape index (κ3) is 3.87. The Morgan fingerprint density at radius 3 is 2.76 bits per heavy atom. The topological polar surface area (TPSA) is 69.0 Å². The molecule has 1 saturated heterocycles. The van der Waals surface area contributed by atoms with Crippen LogP contribution >= 0.6 is 34.7 Å². The fourth-order valence-electron chi connectivity index (χ4n) is 2.74. The molecular formula is C16H13Cl2FN4OS. The molecule has 1 amide bonds. The number of nitrogens with zero attached hydrogens (tertiary/aromatic N) is 3. The first kappa shape index (κ1) is 17.9. The number of carbonyl (C=O) groups excluding carboxylic acids is 1. The van der Waals surface area contributed by atoms with E-state index in [1.54, 1.807) is 0 Å². The maximum atomic E-state index is 13.2. The SMILES string of the molecule is N#Cc1c(Cl)nsc1N1CCC(C(=O)Nc2ccc(F)c(Cl)c2)CC1. The molecule has 25 heavy (non-hydrogen) atoms. The van der Waals surface area contributed by atoms with Crippen molar-refractivity contribution >= 4 is 51.3 Å². The fourth-order valence-corrected chi connectivity index (χ4v) is 4.00. The van der Waals surface area contributed by atoms with Gasteiger partial charge in [0.2, 0.25) is 5.91 Å². The molecule has 0 radical (unpaired) electrons. The van der Waals surface area contributed by atoms with Gasteiger partial charge in [0.1, 0.15) is 22.5 Å². The van der Waals surface area contributed by atoms with E-state index in [0.29, 0.717) is 37.2 Å². The first-order valence-corrected chi connectivity index (χ1v) is 9.08. The number of anilines is 2. The van der Waals surface area contributed by atoms with Crippen molar-refractivity contribution < 1.29 is 9.18 Å². The molecule has 0 spiro atoms. The summed E-state index contributed by atoms with van der Waals surface area (Å²) >= 11 is 12.8. The van der Waals surface area contributed by atoms with Gasteiger partial charge in [0.25, 0.3) is 0 Å². The van der Waals surface area contributed by atoms with E-state index in [9.17, 15) is 9.18 Å². The van der Waals surface area contributed by atoms with Crippen molar-refractivity contribution in [3.63, 3.8) is 0 Å². The zero-order valence-corrected chi connectivity index (χ0v) is 15.3. The lowest BCUT2D eigenvalue weighted by Crippen LogP contribution is -2.38. The third-order valence-corrected chi connectivity index (χ3v) is 5.66. The van der Waals surface area contributed by atoms with Crippen molar-refractivity contribution in [1.29, 1.82) is 5.26 Å². The standard InChI is InChI=1S/C16H13Cl2FN4OS/c17-12-7-10(1-2-13(12)19)21-15(24)9-3-5-23(6-4-9)16-11(8-20)14(18)22-25-16/h1-2,7,9H,3-6H2,(H,21,24). The molecule has 2 heterocycles. The minimum Gasteiger partial charge on any atom is -0.361 e. The molecular weight excluding hydrogens is 386 g/mol. The molecule has 1 aromatic carbocycles. The van der Waals surface area contributed by atoms with E-state index in [0.717, 1.165) is 5.00 Å². The second-order valence-electron chi connectivity index (χ2n) is 5.64. The molecule has 9 heteroatoms. The van der Waals surface area contributed by atoms with Crippen LogP contribution < -0.4 is 10.2 Å².